The quantitative estimate of drug-likeness (QED) is 0.875. The number of amides is 1. The Balaban J connectivity index is 1.50. The largest absolute Gasteiger partial charge is 0.445 e. The first kappa shape index (κ1) is 16.3. The van der Waals surface area contributed by atoms with E-state index in [9.17, 15) is 9.90 Å². The molecule has 2 N–H and O–H groups in total. The highest BCUT2D eigenvalue weighted by molar-refractivity contribution is 5.67. The number of benzene rings is 1. The predicted octanol–water partition coefficient (Wildman–Crippen LogP) is 2.62. The molecular weight excluding hydrogens is 294 g/mol. The summed E-state index contributed by atoms with van der Waals surface area (Å²) in [4.78, 5) is 12.0. The van der Waals surface area contributed by atoms with Crippen molar-refractivity contribution in [2.45, 2.75) is 44.3 Å². The molecule has 5 nitrogen and oxygen atoms in total. The lowest BCUT2D eigenvalue weighted by atomic mass is 9.56. The van der Waals surface area contributed by atoms with Crippen molar-refractivity contribution in [1.82, 2.24) is 5.32 Å². The van der Waals surface area contributed by atoms with Crippen LogP contribution in [0.3, 0.4) is 0 Å². The minimum Gasteiger partial charge on any atom is -0.445 e. The van der Waals surface area contributed by atoms with Crippen LogP contribution in [0.1, 0.15) is 37.7 Å². The molecule has 1 aromatic carbocycles. The molecule has 3 rings (SSSR count). The molecule has 5 heteroatoms. The van der Waals surface area contributed by atoms with E-state index in [2.05, 4.69) is 5.32 Å². The van der Waals surface area contributed by atoms with Gasteiger partial charge in [0.2, 0.25) is 0 Å². The van der Waals surface area contributed by atoms with Gasteiger partial charge in [-0.05, 0) is 18.4 Å². The Hall–Kier alpha value is -1.59. The Labute approximate surface area is 137 Å². The van der Waals surface area contributed by atoms with Gasteiger partial charge in [0.15, 0.2) is 0 Å². The highest BCUT2D eigenvalue weighted by Gasteiger charge is 2.54. The Bertz CT molecular complexity index is 521. The monoisotopic (exact) mass is 319 g/mol. The molecule has 1 heterocycles. The van der Waals surface area contributed by atoms with E-state index in [1.54, 1.807) is 0 Å². The van der Waals surface area contributed by atoms with E-state index in [0.29, 0.717) is 32.6 Å². The van der Waals surface area contributed by atoms with Crippen LogP contribution in [0.15, 0.2) is 30.3 Å². The molecule has 1 saturated heterocycles. The first-order valence-corrected chi connectivity index (χ1v) is 8.38. The lowest BCUT2D eigenvalue weighted by Crippen LogP contribution is -2.60. The van der Waals surface area contributed by atoms with E-state index in [0.717, 1.165) is 24.8 Å². The Morgan fingerprint density at radius 3 is 2.48 bits per heavy atom. The van der Waals surface area contributed by atoms with Gasteiger partial charge in [-0.2, -0.15) is 0 Å². The SMILES string of the molecule is O=C(NCC1(C2(O)CCOCC2)CCC1)OCc1ccccc1. The maximum atomic E-state index is 12.0. The number of carbonyl (C=O) groups excluding carboxylic acids is 1. The van der Waals surface area contributed by atoms with Gasteiger partial charge in [0, 0.05) is 38.0 Å². The Kier molecular flexibility index (Phi) is 4.87. The maximum absolute atomic E-state index is 12.0. The molecule has 1 aliphatic carbocycles. The van der Waals surface area contributed by atoms with Crippen LogP contribution < -0.4 is 5.32 Å². The summed E-state index contributed by atoms with van der Waals surface area (Å²) in [6.45, 7) is 1.92. The highest BCUT2D eigenvalue weighted by Crippen LogP contribution is 2.52. The number of carbonyl (C=O) groups is 1. The van der Waals surface area contributed by atoms with Crippen molar-refractivity contribution in [1.29, 1.82) is 0 Å². The summed E-state index contributed by atoms with van der Waals surface area (Å²) in [6, 6.07) is 9.61. The lowest BCUT2D eigenvalue weighted by molar-refractivity contribution is -0.172. The predicted molar refractivity (Wildman–Crippen MR) is 85.9 cm³/mol. The topological polar surface area (TPSA) is 67.8 Å². The fraction of sp³-hybridized carbons (Fsp3) is 0.611. The molecule has 23 heavy (non-hydrogen) atoms. The van der Waals surface area contributed by atoms with Crippen molar-refractivity contribution < 1.29 is 19.4 Å². The fourth-order valence-corrected chi connectivity index (χ4v) is 3.67. The maximum Gasteiger partial charge on any atom is 0.407 e. The molecular formula is C18H25NO4. The van der Waals surface area contributed by atoms with Crippen molar-refractivity contribution in [3.63, 3.8) is 0 Å². The minimum atomic E-state index is -0.726. The average molecular weight is 319 g/mol. The summed E-state index contributed by atoms with van der Waals surface area (Å²) in [5.41, 5.74) is 0.0164. The molecule has 2 aliphatic rings. The van der Waals surface area contributed by atoms with Gasteiger partial charge in [-0.25, -0.2) is 4.79 Å². The second-order valence-corrected chi connectivity index (χ2v) is 6.69. The van der Waals surface area contributed by atoms with Crippen LogP contribution in [-0.4, -0.2) is 36.6 Å². The van der Waals surface area contributed by atoms with Crippen LogP contribution in [0.2, 0.25) is 0 Å². The summed E-state index contributed by atoms with van der Waals surface area (Å²) in [7, 11) is 0. The third-order valence-electron chi connectivity index (χ3n) is 5.40. The number of nitrogens with one attached hydrogen (secondary N) is 1. The van der Waals surface area contributed by atoms with E-state index in [-0.39, 0.29) is 12.0 Å². The summed E-state index contributed by atoms with van der Waals surface area (Å²) in [5.74, 6) is 0. The third-order valence-corrected chi connectivity index (χ3v) is 5.40. The molecule has 0 atom stereocenters. The lowest BCUT2D eigenvalue weighted by Gasteiger charge is -2.54. The zero-order chi connectivity index (χ0) is 16.2. The van der Waals surface area contributed by atoms with Gasteiger partial charge in [0.25, 0.3) is 0 Å². The molecule has 0 unspecified atom stereocenters. The molecule has 0 aromatic heterocycles. The van der Waals surface area contributed by atoms with Crippen LogP contribution in [0.5, 0.6) is 0 Å². The molecule has 0 bridgehead atoms. The average Bonchev–Trinajstić information content (AvgIpc) is 2.53. The molecule has 2 fully saturated rings. The van der Waals surface area contributed by atoms with Crippen molar-refractivity contribution in [2.75, 3.05) is 19.8 Å². The van der Waals surface area contributed by atoms with Crippen molar-refractivity contribution in [2.24, 2.45) is 5.41 Å². The first-order valence-electron chi connectivity index (χ1n) is 8.38. The van der Waals surface area contributed by atoms with Gasteiger partial charge >= 0.3 is 6.09 Å². The highest BCUT2D eigenvalue weighted by atomic mass is 16.5. The number of aliphatic hydroxyl groups is 1. The van der Waals surface area contributed by atoms with Crippen LogP contribution in [0.25, 0.3) is 0 Å². The van der Waals surface area contributed by atoms with Crippen LogP contribution in [0, 0.1) is 5.41 Å². The Morgan fingerprint density at radius 2 is 1.87 bits per heavy atom. The molecule has 126 valence electrons. The van der Waals surface area contributed by atoms with Crippen LogP contribution >= 0.6 is 0 Å². The standard InChI is InChI=1S/C18H25NO4/c20-16(23-13-15-5-2-1-3-6-15)19-14-17(7-4-8-17)18(21)9-11-22-12-10-18/h1-3,5-6,21H,4,7-14H2,(H,19,20). The van der Waals surface area contributed by atoms with E-state index in [1.165, 1.54) is 0 Å². The normalized spacial score (nSPS) is 22.0. The fourth-order valence-electron chi connectivity index (χ4n) is 3.67. The van der Waals surface area contributed by atoms with Gasteiger partial charge in [0.1, 0.15) is 6.61 Å². The van der Waals surface area contributed by atoms with Gasteiger partial charge in [-0.1, -0.05) is 36.8 Å². The van der Waals surface area contributed by atoms with Crippen molar-refractivity contribution >= 4 is 6.09 Å². The molecule has 0 radical (unpaired) electrons. The van der Waals surface area contributed by atoms with E-state index in [4.69, 9.17) is 9.47 Å². The number of rotatable bonds is 5. The molecule has 1 amide bonds. The summed E-state index contributed by atoms with van der Waals surface area (Å²) >= 11 is 0. The van der Waals surface area contributed by atoms with Gasteiger partial charge < -0.3 is 19.9 Å². The van der Waals surface area contributed by atoms with Crippen LogP contribution in [-0.2, 0) is 16.1 Å². The summed E-state index contributed by atoms with van der Waals surface area (Å²) < 4.78 is 10.6. The number of alkyl carbamates (subject to hydrolysis) is 1. The second kappa shape index (κ2) is 6.89. The third kappa shape index (κ3) is 3.51. The van der Waals surface area contributed by atoms with Gasteiger partial charge in [0.05, 0.1) is 5.60 Å². The van der Waals surface area contributed by atoms with Gasteiger partial charge in [-0.15, -0.1) is 0 Å². The van der Waals surface area contributed by atoms with E-state index >= 15 is 0 Å². The zero-order valence-corrected chi connectivity index (χ0v) is 13.4. The zero-order valence-electron chi connectivity index (χ0n) is 13.4. The molecule has 1 saturated carbocycles. The number of hydrogen-bond donors (Lipinski definition) is 2. The summed E-state index contributed by atoms with van der Waals surface area (Å²) in [6.07, 6.45) is 3.87. The second-order valence-electron chi connectivity index (χ2n) is 6.69. The van der Waals surface area contributed by atoms with E-state index < -0.39 is 11.7 Å². The van der Waals surface area contributed by atoms with Gasteiger partial charge in [-0.3, -0.25) is 0 Å². The number of hydrogen-bond acceptors (Lipinski definition) is 4. The van der Waals surface area contributed by atoms with Crippen LogP contribution in [0.4, 0.5) is 4.79 Å². The van der Waals surface area contributed by atoms with Crippen molar-refractivity contribution in [3.8, 4) is 0 Å². The smallest absolute Gasteiger partial charge is 0.407 e. The number of ether oxygens (including phenoxy) is 2. The first-order chi connectivity index (χ1) is 11.1. The molecule has 1 aliphatic heterocycles. The minimum absolute atomic E-state index is 0.220. The van der Waals surface area contributed by atoms with Crippen molar-refractivity contribution in [3.05, 3.63) is 35.9 Å². The Morgan fingerprint density at radius 1 is 1.17 bits per heavy atom. The van der Waals surface area contributed by atoms with E-state index in [1.807, 2.05) is 30.3 Å². The summed E-state index contributed by atoms with van der Waals surface area (Å²) in [5, 5.41) is 13.8. The molecule has 1 aromatic rings. The molecule has 0 spiro atoms.